The van der Waals surface area contributed by atoms with Crippen LogP contribution in [-0.2, 0) is 17.6 Å². The number of alkyl halides is 1. The largest absolute Gasteiger partial charge is 0.355 e. The molecule has 0 spiro atoms. The highest BCUT2D eigenvalue weighted by molar-refractivity contribution is 7.17. The van der Waals surface area contributed by atoms with Gasteiger partial charge in [-0.1, -0.05) is 0 Å². The van der Waals surface area contributed by atoms with Gasteiger partial charge >= 0.3 is 0 Å². The summed E-state index contributed by atoms with van der Waals surface area (Å²) < 4.78 is 0. The van der Waals surface area contributed by atoms with Crippen molar-refractivity contribution in [2.24, 2.45) is 0 Å². The second-order valence-electron chi connectivity index (χ2n) is 4.48. The first kappa shape index (κ1) is 14.3. The van der Waals surface area contributed by atoms with Crippen molar-refractivity contribution < 1.29 is 9.59 Å². The van der Waals surface area contributed by atoms with Gasteiger partial charge in [0, 0.05) is 24.2 Å². The van der Waals surface area contributed by atoms with Gasteiger partial charge in [0.1, 0.15) is 5.00 Å². The molecule has 0 aromatic carbocycles. The smallest absolute Gasteiger partial charge is 0.254 e. The molecular formula is C13H17ClN2O2S. The molecular weight excluding hydrogens is 284 g/mol. The van der Waals surface area contributed by atoms with E-state index in [4.69, 9.17) is 11.6 Å². The van der Waals surface area contributed by atoms with Gasteiger partial charge < -0.3 is 10.6 Å². The third-order valence-electron chi connectivity index (χ3n) is 3.20. The van der Waals surface area contributed by atoms with Crippen molar-refractivity contribution in [1.29, 1.82) is 0 Å². The Kier molecular flexibility index (Phi) is 4.82. The van der Waals surface area contributed by atoms with E-state index in [0.717, 1.165) is 31.2 Å². The highest BCUT2D eigenvalue weighted by Gasteiger charge is 2.25. The van der Waals surface area contributed by atoms with E-state index in [1.807, 2.05) is 0 Å². The number of hydrogen-bond donors (Lipinski definition) is 2. The summed E-state index contributed by atoms with van der Waals surface area (Å²) in [5, 5.41) is 6.14. The van der Waals surface area contributed by atoms with Crippen LogP contribution in [0.25, 0.3) is 0 Å². The Balaban J connectivity index is 2.33. The molecule has 0 saturated carbocycles. The van der Waals surface area contributed by atoms with E-state index in [0.29, 0.717) is 10.6 Å². The predicted molar refractivity (Wildman–Crippen MR) is 78.3 cm³/mol. The Hall–Kier alpha value is -1.07. The van der Waals surface area contributed by atoms with Crippen LogP contribution in [0.15, 0.2) is 0 Å². The lowest BCUT2D eigenvalue weighted by atomic mass is 9.95. The zero-order chi connectivity index (χ0) is 13.8. The molecule has 0 aliphatic heterocycles. The summed E-state index contributed by atoms with van der Waals surface area (Å²) in [5.41, 5.74) is 1.75. The molecule has 1 aromatic heterocycles. The number of hydrogen-bond acceptors (Lipinski definition) is 3. The molecule has 2 rings (SSSR count). The second kappa shape index (κ2) is 6.39. The number of nitrogens with one attached hydrogen (secondary N) is 2. The monoisotopic (exact) mass is 300 g/mol. The molecule has 0 saturated heterocycles. The third kappa shape index (κ3) is 3.09. The molecule has 1 aromatic rings. The maximum atomic E-state index is 12.0. The van der Waals surface area contributed by atoms with E-state index < -0.39 is 0 Å². The normalized spacial score (nSPS) is 13.8. The van der Waals surface area contributed by atoms with Crippen LogP contribution in [0, 0.1) is 0 Å². The van der Waals surface area contributed by atoms with Crippen LogP contribution < -0.4 is 10.6 Å². The summed E-state index contributed by atoms with van der Waals surface area (Å²) in [7, 11) is 1.61. The molecule has 104 valence electrons. The standard InChI is InChI=1S/C13H17ClN2O2S/c1-15-12(18)11-8-4-2-3-5-9(8)19-13(11)16-10(17)6-7-14/h2-7H2,1H3,(H,15,18)(H,16,17). The van der Waals surface area contributed by atoms with Crippen LogP contribution in [0.2, 0.25) is 0 Å². The Morgan fingerprint density at radius 2 is 2.05 bits per heavy atom. The Bertz CT molecular complexity index is 499. The quantitative estimate of drug-likeness (QED) is 0.840. The minimum atomic E-state index is -0.140. The average Bonchev–Trinajstić information content (AvgIpc) is 2.75. The van der Waals surface area contributed by atoms with Crippen LogP contribution in [0.5, 0.6) is 0 Å². The van der Waals surface area contributed by atoms with E-state index in [2.05, 4.69) is 10.6 Å². The van der Waals surface area contributed by atoms with Crippen molar-refractivity contribution in [3.8, 4) is 0 Å². The van der Waals surface area contributed by atoms with Crippen LogP contribution >= 0.6 is 22.9 Å². The number of anilines is 1. The van der Waals surface area contributed by atoms with Crippen LogP contribution in [0.4, 0.5) is 5.00 Å². The number of halogens is 1. The Morgan fingerprint density at radius 1 is 1.32 bits per heavy atom. The predicted octanol–water partition coefficient (Wildman–Crippen LogP) is 2.55. The molecule has 0 bridgehead atoms. The molecule has 0 fully saturated rings. The summed E-state index contributed by atoms with van der Waals surface area (Å²) in [6.45, 7) is 0. The van der Waals surface area contributed by atoms with Gasteiger partial charge in [0.05, 0.1) is 5.56 Å². The number of fused-ring (bicyclic) bond motifs is 1. The molecule has 1 aliphatic carbocycles. The molecule has 2 N–H and O–H groups in total. The summed E-state index contributed by atoms with van der Waals surface area (Å²) in [5.74, 6) is 0.0194. The van der Waals surface area contributed by atoms with Gasteiger partial charge in [-0.3, -0.25) is 9.59 Å². The lowest BCUT2D eigenvalue weighted by Crippen LogP contribution is -2.22. The molecule has 0 unspecified atom stereocenters. The fourth-order valence-corrected chi connectivity index (χ4v) is 3.77. The van der Waals surface area contributed by atoms with E-state index in [9.17, 15) is 9.59 Å². The van der Waals surface area contributed by atoms with E-state index in [-0.39, 0.29) is 24.1 Å². The molecule has 0 atom stereocenters. The van der Waals surface area contributed by atoms with Crippen molar-refractivity contribution in [3.05, 3.63) is 16.0 Å². The van der Waals surface area contributed by atoms with Gasteiger partial charge in [0.2, 0.25) is 5.91 Å². The fraction of sp³-hybridized carbons (Fsp3) is 0.538. The van der Waals surface area contributed by atoms with Crippen LogP contribution in [0.1, 0.15) is 40.1 Å². The minimum Gasteiger partial charge on any atom is -0.355 e. The first-order chi connectivity index (χ1) is 9.17. The lowest BCUT2D eigenvalue weighted by Gasteiger charge is -2.12. The van der Waals surface area contributed by atoms with Gasteiger partial charge in [-0.15, -0.1) is 22.9 Å². The zero-order valence-corrected chi connectivity index (χ0v) is 12.4. The summed E-state index contributed by atoms with van der Waals surface area (Å²) in [4.78, 5) is 24.9. The topological polar surface area (TPSA) is 58.2 Å². The van der Waals surface area contributed by atoms with Gasteiger partial charge in [-0.05, 0) is 31.2 Å². The van der Waals surface area contributed by atoms with Crippen molar-refractivity contribution >= 4 is 39.8 Å². The van der Waals surface area contributed by atoms with Crippen molar-refractivity contribution in [3.63, 3.8) is 0 Å². The van der Waals surface area contributed by atoms with Gasteiger partial charge in [-0.25, -0.2) is 0 Å². The maximum Gasteiger partial charge on any atom is 0.254 e. The van der Waals surface area contributed by atoms with Gasteiger partial charge in [0.25, 0.3) is 5.91 Å². The van der Waals surface area contributed by atoms with Crippen LogP contribution in [-0.4, -0.2) is 24.7 Å². The number of thiophene rings is 1. The Morgan fingerprint density at radius 3 is 2.74 bits per heavy atom. The second-order valence-corrected chi connectivity index (χ2v) is 5.96. The van der Waals surface area contributed by atoms with E-state index in [1.54, 1.807) is 7.05 Å². The van der Waals surface area contributed by atoms with Crippen molar-refractivity contribution in [2.45, 2.75) is 32.1 Å². The molecule has 2 amide bonds. The number of aryl methyl sites for hydroxylation is 1. The number of carbonyl (C=O) groups excluding carboxylic acids is 2. The number of amides is 2. The number of carbonyl (C=O) groups is 2. The summed E-state index contributed by atoms with van der Waals surface area (Å²) in [6.07, 6.45) is 4.42. The molecule has 1 heterocycles. The van der Waals surface area contributed by atoms with E-state index in [1.165, 1.54) is 16.2 Å². The summed E-state index contributed by atoms with van der Waals surface area (Å²) >= 11 is 7.08. The first-order valence-corrected chi connectivity index (χ1v) is 7.75. The minimum absolute atomic E-state index is 0.124. The molecule has 6 heteroatoms. The summed E-state index contributed by atoms with van der Waals surface area (Å²) in [6, 6.07) is 0. The van der Waals surface area contributed by atoms with Crippen molar-refractivity contribution in [2.75, 3.05) is 18.2 Å². The fourth-order valence-electron chi connectivity index (χ4n) is 2.29. The van der Waals surface area contributed by atoms with E-state index >= 15 is 0 Å². The SMILES string of the molecule is CNC(=O)c1c(NC(=O)CCCl)sc2c1CCCC2. The van der Waals surface area contributed by atoms with Gasteiger partial charge in [0.15, 0.2) is 0 Å². The first-order valence-electron chi connectivity index (χ1n) is 6.39. The van der Waals surface area contributed by atoms with Crippen molar-refractivity contribution in [1.82, 2.24) is 5.32 Å². The number of rotatable bonds is 4. The maximum absolute atomic E-state index is 12.0. The average molecular weight is 301 g/mol. The molecule has 19 heavy (non-hydrogen) atoms. The Labute approximate surface area is 121 Å². The molecule has 4 nitrogen and oxygen atoms in total. The highest BCUT2D eigenvalue weighted by atomic mass is 35.5. The van der Waals surface area contributed by atoms with Crippen LogP contribution in [0.3, 0.4) is 0 Å². The van der Waals surface area contributed by atoms with Gasteiger partial charge in [-0.2, -0.15) is 0 Å². The zero-order valence-electron chi connectivity index (χ0n) is 10.8. The lowest BCUT2D eigenvalue weighted by molar-refractivity contribution is -0.115. The third-order valence-corrected chi connectivity index (χ3v) is 4.60. The highest BCUT2D eigenvalue weighted by Crippen LogP contribution is 2.38. The molecule has 1 aliphatic rings. The molecule has 0 radical (unpaired) electrons.